The summed E-state index contributed by atoms with van der Waals surface area (Å²) in [5.41, 5.74) is 6.52. The van der Waals surface area contributed by atoms with Crippen molar-refractivity contribution in [3.63, 3.8) is 0 Å². The number of piperazine rings is 1. The third-order valence-corrected chi connectivity index (χ3v) is 6.21. The maximum atomic E-state index is 14.9. The van der Waals surface area contributed by atoms with E-state index in [4.69, 9.17) is 15.2 Å². The molecule has 0 spiro atoms. The van der Waals surface area contributed by atoms with Gasteiger partial charge in [0, 0.05) is 49.1 Å². The molecule has 2 heterocycles. The van der Waals surface area contributed by atoms with Crippen LogP contribution in [0, 0.1) is 5.82 Å². The largest absolute Gasteiger partial charge is 0.497 e. The molecule has 0 unspecified atom stereocenters. The predicted octanol–water partition coefficient (Wildman–Crippen LogP) is 2.12. The molecule has 33 heavy (non-hydrogen) atoms. The highest BCUT2D eigenvalue weighted by Crippen LogP contribution is 2.26. The van der Waals surface area contributed by atoms with Crippen LogP contribution in [0.2, 0.25) is 0 Å². The van der Waals surface area contributed by atoms with Crippen LogP contribution in [0.4, 0.5) is 14.9 Å². The Balaban J connectivity index is 1.56. The molecule has 0 radical (unpaired) electrons. The van der Waals surface area contributed by atoms with Crippen LogP contribution in [0.1, 0.15) is 15.9 Å². The summed E-state index contributed by atoms with van der Waals surface area (Å²) in [5, 5.41) is 0. The monoisotopic (exact) mass is 456 g/mol. The fourth-order valence-corrected chi connectivity index (χ4v) is 4.07. The number of carbonyl (C=O) groups excluding carboxylic acids is 2. The Labute approximate surface area is 192 Å². The Morgan fingerprint density at radius 2 is 1.91 bits per heavy atom. The van der Waals surface area contributed by atoms with E-state index in [1.165, 1.54) is 12.1 Å². The van der Waals surface area contributed by atoms with Gasteiger partial charge in [-0.15, -0.1) is 0 Å². The standard InChI is InChI=1S/C24H29FN4O4/c1-32-21-4-2-3-19(12-21)29(14-18-6-5-17(11-22(18)25)23(30)13-26)24(31)28-9-7-27(8-10-28)20-15-33-16-20/h2-6,11-12,20H,7-10,13-16,26H2,1H3. The summed E-state index contributed by atoms with van der Waals surface area (Å²) in [6.07, 6.45) is 0. The average molecular weight is 457 g/mol. The number of carbonyl (C=O) groups is 2. The second-order valence-corrected chi connectivity index (χ2v) is 8.22. The second-order valence-electron chi connectivity index (χ2n) is 8.22. The van der Waals surface area contributed by atoms with Gasteiger partial charge in [0.05, 0.1) is 39.5 Å². The molecule has 0 saturated carbocycles. The molecular formula is C24H29FN4O4. The van der Waals surface area contributed by atoms with Crippen LogP contribution < -0.4 is 15.4 Å². The lowest BCUT2D eigenvalue weighted by Gasteiger charge is -2.43. The molecule has 8 nitrogen and oxygen atoms in total. The van der Waals surface area contributed by atoms with Gasteiger partial charge >= 0.3 is 6.03 Å². The molecule has 2 aliphatic heterocycles. The van der Waals surface area contributed by atoms with E-state index in [0.29, 0.717) is 36.1 Å². The molecule has 2 N–H and O–H groups in total. The predicted molar refractivity (Wildman–Crippen MR) is 122 cm³/mol. The second kappa shape index (κ2) is 10.3. The molecule has 2 saturated heterocycles. The van der Waals surface area contributed by atoms with Crippen molar-refractivity contribution < 1.29 is 23.5 Å². The zero-order chi connectivity index (χ0) is 23.4. The van der Waals surface area contributed by atoms with E-state index in [2.05, 4.69) is 4.90 Å². The zero-order valence-electron chi connectivity index (χ0n) is 18.7. The van der Waals surface area contributed by atoms with E-state index >= 15 is 0 Å². The molecule has 2 aromatic carbocycles. The number of urea groups is 1. The van der Waals surface area contributed by atoms with Crippen LogP contribution >= 0.6 is 0 Å². The third-order valence-electron chi connectivity index (χ3n) is 6.21. The molecule has 0 atom stereocenters. The minimum absolute atomic E-state index is 0.0195. The van der Waals surface area contributed by atoms with E-state index in [1.807, 2.05) is 0 Å². The van der Waals surface area contributed by atoms with Crippen LogP contribution in [0.3, 0.4) is 0 Å². The van der Waals surface area contributed by atoms with E-state index in [9.17, 15) is 14.0 Å². The maximum absolute atomic E-state index is 14.9. The lowest BCUT2D eigenvalue weighted by atomic mass is 10.1. The number of nitrogens with two attached hydrogens (primary N) is 1. The number of rotatable bonds is 7. The molecule has 2 fully saturated rings. The quantitative estimate of drug-likeness (QED) is 0.642. The highest BCUT2D eigenvalue weighted by Gasteiger charge is 2.32. The van der Waals surface area contributed by atoms with Crippen molar-refractivity contribution in [2.75, 3.05) is 57.9 Å². The highest BCUT2D eigenvalue weighted by atomic mass is 19.1. The lowest BCUT2D eigenvalue weighted by molar-refractivity contribution is -0.0738. The van der Waals surface area contributed by atoms with Gasteiger partial charge < -0.3 is 20.1 Å². The molecule has 9 heteroatoms. The highest BCUT2D eigenvalue weighted by molar-refractivity contribution is 5.97. The molecule has 0 bridgehead atoms. The van der Waals surface area contributed by atoms with Gasteiger partial charge in [0.1, 0.15) is 11.6 Å². The number of Topliss-reactive ketones (excluding diaryl/α,β-unsaturated/α-hetero) is 1. The van der Waals surface area contributed by atoms with Crippen LogP contribution in [0.25, 0.3) is 0 Å². The lowest BCUT2D eigenvalue weighted by Crippen LogP contribution is -2.59. The summed E-state index contributed by atoms with van der Waals surface area (Å²) in [6.45, 7) is 4.03. The van der Waals surface area contributed by atoms with Crippen molar-refractivity contribution in [2.45, 2.75) is 12.6 Å². The van der Waals surface area contributed by atoms with Gasteiger partial charge in [0.25, 0.3) is 0 Å². The van der Waals surface area contributed by atoms with Gasteiger partial charge in [-0.3, -0.25) is 14.6 Å². The number of anilines is 1. The first-order chi connectivity index (χ1) is 16.0. The topological polar surface area (TPSA) is 88.3 Å². The van der Waals surface area contributed by atoms with Gasteiger partial charge in [0.2, 0.25) is 0 Å². The molecular weight excluding hydrogens is 427 g/mol. The van der Waals surface area contributed by atoms with Crippen molar-refractivity contribution in [3.05, 3.63) is 59.4 Å². The summed E-state index contributed by atoms with van der Waals surface area (Å²) < 4.78 is 25.5. The summed E-state index contributed by atoms with van der Waals surface area (Å²) in [4.78, 5) is 31.1. The van der Waals surface area contributed by atoms with E-state index in [-0.39, 0.29) is 30.5 Å². The van der Waals surface area contributed by atoms with E-state index in [0.717, 1.165) is 26.3 Å². The van der Waals surface area contributed by atoms with Crippen LogP contribution in [-0.2, 0) is 11.3 Å². The molecule has 176 valence electrons. The minimum atomic E-state index is -0.551. The number of halogens is 1. The first kappa shape index (κ1) is 23.2. The number of hydrogen-bond donors (Lipinski definition) is 1. The van der Waals surface area contributed by atoms with E-state index < -0.39 is 5.82 Å². The number of amides is 2. The molecule has 2 amide bonds. The average Bonchev–Trinajstić information content (AvgIpc) is 2.81. The van der Waals surface area contributed by atoms with Crippen molar-refractivity contribution >= 4 is 17.5 Å². The Kier molecular flexibility index (Phi) is 7.22. The Hall–Kier alpha value is -3.01. The Morgan fingerprint density at radius 3 is 2.52 bits per heavy atom. The van der Waals surface area contributed by atoms with Crippen molar-refractivity contribution in [3.8, 4) is 5.75 Å². The van der Waals surface area contributed by atoms with Gasteiger partial charge in [0.15, 0.2) is 5.78 Å². The van der Waals surface area contributed by atoms with Gasteiger partial charge in [-0.25, -0.2) is 9.18 Å². The summed E-state index contributed by atoms with van der Waals surface area (Å²) in [6, 6.07) is 11.6. The van der Waals surface area contributed by atoms with Crippen LogP contribution in [0.5, 0.6) is 5.75 Å². The fraction of sp³-hybridized carbons (Fsp3) is 0.417. The van der Waals surface area contributed by atoms with E-state index in [1.54, 1.807) is 47.2 Å². The summed E-state index contributed by atoms with van der Waals surface area (Å²) in [5.74, 6) is -0.287. The Bertz CT molecular complexity index is 1010. The van der Waals surface area contributed by atoms with Gasteiger partial charge in [-0.2, -0.15) is 0 Å². The number of ether oxygens (including phenoxy) is 2. The zero-order valence-corrected chi connectivity index (χ0v) is 18.7. The third kappa shape index (κ3) is 5.16. The number of benzene rings is 2. The molecule has 0 aromatic heterocycles. The van der Waals surface area contributed by atoms with Crippen molar-refractivity contribution in [1.82, 2.24) is 9.80 Å². The van der Waals surface area contributed by atoms with Gasteiger partial charge in [-0.1, -0.05) is 18.2 Å². The SMILES string of the molecule is COc1cccc(N(Cc2ccc(C(=O)CN)cc2F)C(=O)N2CCN(C3COC3)CC2)c1. The van der Waals surface area contributed by atoms with Crippen LogP contribution in [0.15, 0.2) is 42.5 Å². The molecule has 4 rings (SSSR count). The number of ketones is 1. The first-order valence-electron chi connectivity index (χ1n) is 11.0. The normalized spacial score (nSPS) is 16.9. The summed E-state index contributed by atoms with van der Waals surface area (Å²) >= 11 is 0. The molecule has 2 aromatic rings. The number of methoxy groups -OCH3 is 1. The molecule has 2 aliphatic rings. The fourth-order valence-electron chi connectivity index (χ4n) is 4.07. The van der Waals surface area contributed by atoms with Crippen molar-refractivity contribution in [2.24, 2.45) is 5.73 Å². The number of hydrogen-bond acceptors (Lipinski definition) is 6. The minimum Gasteiger partial charge on any atom is -0.497 e. The Morgan fingerprint density at radius 1 is 1.15 bits per heavy atom. The smallest absolute Gasteiger partial charge is 0.324 e. The maximum Gasteiger partial charge on any atom is 0.324 e. The van der Waals surface area contributed by atoms with Gasteiger partial charge in [-0.05, 0) is 18.2 Å². The summed E-state index contributed by atoms with van der Waals surface area (Å²) in [7, 11) is 1.56. The number of nitrogens with zero attached hydrogens (tertiary/aromatic N) is 3. The van der Waals surface area contributed by atoms with Crippen LogP contribution in [-0.4, -0.2) is 80.7 Å². The molecule has 0 aliphatic carbocycles. The van der Waals surface area contributed by atoms with Crippen molar-refractivity contribution in [1.29, 1.82) is 0 Å². The first-order valence-corrected chi connectivity index (χ1v) is 11.0.